The maximum Gasteiger partial charge on any atom is 0.264 e. The van der Waals surface area contributed by atoms with Crippen LogP contribution in [0.15, 0.2) is 53.3 Å². The monoisotopic (exact) mass is 401 g/mol. The summed E-state index contributed by atoms with van der Waals surface area (Å²) >= 11 is 3.27. The van der Waals surface area contributed by atoms with E-state index in [1.165, 1.54) is 0 Å². The van der Waals surface area contributed by atoms with Crippen molar-refractivity contribution in [1.29, 1.82) is 0 Å². The lowest BCUT2D eigenvalue weighted by molar-refractivity contribution is 0.0186. The predicted octanol–water partition coefficient (Wildman–Crippen LogP) is 2.30. The van der Waals surface area contributed by atoms with Gasteiger partial charge in [-0.2, -0.15) is 8.42 Å². The molecule has 2 atom stereocenters. The molecule has 6 nitrogen and oxygen atoms in total. The number of aliphatic hydroxyl groups is 1. The van der Waals surface area contributed by atoms with Crippen molar-refractivity contribution >= 4 is 26.0 Å². The lowest BCUT2D eigenvalue weighted by Gasteiger charge is -2.26. The van der Waals surface area contributed by atoms with Crippen LogP contribution >= 0.6 is 15.9 Å². The zero-order valence-corrected chi connectivity index (χ0v) is 14.7. The van der Waals surface area contributed by atoms with E-state index >= 15 is 0 Å². The van der Waals surface area contributed by atoms with Gasteiger partial charge in [-0.3, -0.25) is 4.18 Å². The van der Waals surface area contributed by atoms with Crippen LogP contribution in [0.25, 0.3) is 0 Å². The molecule has 1 heterocycles. The Bertz CT molecular complexity index is 739. The molecule has 0 radical (unpaired) electrons. The number of aromatic nitrogens is 1. The van der Waals surface area contributed by atoms with Crippen LogP contribution in [0, 0.1) is 0 Å². The van der Waals surface area contributed by atoms with Crippen molar-refractivity contribution < 1.29 is 22.4 Å². The zero-order chi connectivity index (χ0) is 16.9. The summed E-state index contributed by atoms with van der Waals surface area (Å²) in [5, 5.41) is 9.57. The lowest BCUT2D eigenvalue weighted by atomic mass is 10.0. The van der Waals surface area contributed by atoms with Crippen LogP contribution in [0.4, 0.5) is 0 Å². The smallest absolute Gasteiger partial charge is 0.264 e. The van der Waals surface area contributed by atoms with Crippen molar-refractivity contribution in [3.8, 4) is 5.75 Å². The number of nitrogens with zero attached hydrogens (tertiary/aromatic N) is 1. The second-order valence-corrected chi connectivity index (χ2v) is 7.11. The van der Waals surface area contributed by atoms with E-state index in [-0.39, 0.29) is 0 Å². The van der Waals surface area contributed by atoms with Crippen LogP contribution in [-0.2, 0) is 14.3 Å². The van der Waals surface area contributed by atoms with Crippen LogP contribution in [0.1, 0.15) is 11.7 Å². The third-order valence-corrected chi connectivity index (χ3v) is 4.12. The normalized spacial score (nSPS) is 14.2. The van der Waals surface area contributed by atoms with Crippen LogP contribution in [-0.4, -0.2) is 37.5 Å². The molecule has 0 amide bonds. The Morgan fingerprint density at radius 2 is 1.91 bits per heavy atom. The fourth-order valence-electron chi connectivity index (χ4n) is 2.00. The number of halogens is 1. The van der Waals surface area contributed by atoms with E-state index < -0.39 is 28.9 Å². The molecule has 0 saturated heterocycles. The van der Waals surface area contributed by atoms with E-state index in [0.717, 1.165) is 6.26 Å². The summed E-state index contributed by atoms with van der Waals surface area (Å²) in [6, 6.07) is 12.3. The average molecular weight is 402 g/mol. The molecule has 1 aromatic heterocycles. The number of hydrogen-bond acceptors (Lipinski definition) is 6. The van der Waals surface area contributed by atoms with Gasteiger partial charge >= 0.3 is 0 Å². The number of ether oxygens (including phenoxy) is 1. The Kier molecular flexibility index (Phi) is 6.11. The van der Waals surface area contributed by atoms with Gasteiger partial charge in [0.05, 0.1) is 12.9 Å². The SMILES string of the molecule is CS(=O)(=O)O[C@@H](CO)[C@@H](Oc1cccnc1Br)c1ccccc1. The minimum atomic E-state index is -3.76. The molecule has 8 heteroatoms. The fourth-order valence-corrected chi connectivity index (χ4v) is 2.95. The van der Waals surface area contributed by atoms with Crippen molar-refractivity contribution in [1.82, 2.24) is 4.98 Å². The minimum absolute atomic E-state index is 0.414. The summed E-state index contributed by atoms with van der Waals surface area (Å²) < 4.78 is 34.2. The predicted molar refractivity (Wildman–Crippen MR) is 88.6 cm³/mol. The first-order chi connectivity index (χ1) is 10.9. The summed E-state index contributed by atoms with van der Waals surface area (Å²) in [6.07, 6.45) is 0.610. The number of benzene rings is 1. The van der Waals surface area contributed by atoms with Gasteiger partial charge in [0.1, 0.15) is 10.7 Å². The number of hydrogen-bond donors (Lipinski definition) is 1. The van der Waals surface area contributed by atoms with E-state index in [1.807, 2.05) is 6.07 Å². The minimum Gasteiger partial charge on any atom is -0.480 e. The molecule has 0 bridgehead atoms. The molecule has 124 valence electrons. The number of pyridine rings is 1. The van der Waals surface area contributed by atoms with Crippen LogP contribution in [0.2, 0.25) is 0 Å². The molecule has 0 spiro atoms. The van der Waals surface area contributed by atoms with Crippen molar-refractivity contribution in [3.63, 3.8) is 0 Å². The molecule has 2 aromatic rings. The Hall–Kier alpha value is -1.48. The molecule has 2 rings (SSSR count). The Morgan fingerprint density at radius 3 is 2.48 bits per heavy atom. The number of aliphatic hydroxyl groups excluding tert-OH is 1. The third kappa shape index (κ3) is 5.28. The van der Waals surface area contributed by atoms with Gasteiger partial charge in [-0.15, -0.1) is 0 Å². The van der Waals surface area contributed by atoms with Crippen molar-refractivity contribution in [3.05, 3.63) is 58.8 Å². The molecular formula is C15H16BrNO5S. The zero-order valence-electron chi connectivity index (χ0n) is 12.3. The Labute approximate surface area is 143 Å². The summed E-state index contributed by atoms with van der Waals surface area (Å²) in [6.45, 7) is -0.523. The average Bonchev–Trinajstić information content (AvgIpc) is 2.52. The van der Waals surface area contributed by atoms with E-state index in [4.69, 9.17) is 8.92 Å². The van der Waals surface area contributed by atoms with Crippen molar-refractivity contribution in [2.75, 3.05) is 12.9 Å². The second kappa shape index (κ2) is 7.87. The first-order valence-corrected chi connectivity index (χ1v) is 9.33. The molecular weight excluding hydrogens is 386 g/mol. The maximum absolute atomic E-state index is 11.4. The van der Waals surface area contributed by atoms with Gasteiger partial charge in [0.2, 0.25) is 0 Å². The fraction of sp³-hybridized carbons (Fsp3) is 0.267. The molecule has 23 heavy (non-hydrogen) atoms. The van der Waals surface area contributed by atoms with E-state index in [0.29, 0.717) is 15.9 Å². The first kappa shape index (κ1) is 17.9. The Balaban J connectivity index is 2.37. The van der Waals surface area contributed by atoms with Crippen LogP contribution in [0.5, 0.6) is 5.75 Å². The topological polar surface area (TPSA) is 85.7 Å². The van der Waals surface area contributed by atoms with Gasteiger partial charge in [0.15, 0.2) is 11.9 Å². The maximum atomic E-state index is 11.4. The standard InChI is InChI=1S/C15H16BrNO5S/c1-23(19,20)22-13(10-18)14(11-6-3-2-4-7-11)21-12-8-5-9-17-15(12)16/h2-9,13-14,18H,10H2,1H3/t13-,14-/m0/s1. The molecule has 1 aromatic carbocycles. The molecule has 0 aliphatic rings. The third-order valence-electron chi connectivity index (χ3n) is 2.92. The van der Waals surface area contributed by atoms with Crippen molar-refractivity contribution in [2.24, 2.45) is 0 Å². The van der Waals surface area contributed by atoms with Crippen LogP contribution in [0.3, 0.4) is 0 Å². The second-order valence-electron chi connectivity index (χ2n) is 4.76. The summed E-state index contributed by atoms with van der Waals surface area (Å²) in [7, 11) is -3.76. The van der Waals surface area contributed by atoms with Gasteiger partial charge in [-0.1, -0.05) is 30.3 Å². The molecule has 0 saturated carbocycles. The number of rotatable bonds is 7. The molecule has 0 aliphatic heterocycles. The summed E-state index contributed by atoms with van der Waals surface area (Å²) in [5.74, 6) is 0.414. The van der Waals surface area contributed by atoms with Crippen LogP contribution < -0.4 is 4.74 Å². The Morgan fingerprint density at radius 1 is 1.22 bits per heavy atom. The van der Waals surface area contributed by atoms with Gasteiger partial charge in [0.25, 0.3) is 10.1 Å². The molecule has 0 unspecified atom stereocenters. The quantitative estimate of drug-likeness (QED) is 0.565. The largest absolute Gasteiger partial charge is 0.480 e. The van der Waals surface area contributed by atoms with Gasteiger partial charge < -0.3 is 9.84 Å². The van der Waals surface area contributed by atoms with Gasteiger partial charge in [-0.05, 0) is 33.6 Å². The van der Waals surface area contributed by atoms with E-state index in [1.54, 1.807) is 42.6 Å². The van der Waals surface area contributed by atoms with E-state index in [9.17, 15) is 13.5 Å². The lowest BCUT2D eigenvalue weighted by Crippen LogP contribution is -2.32. The van der Waals surface area contributed by atoms with Gasteiger partial charge in [-0.25, -0.2) is 4.98 Å². The van der Waals surface area contributed by atoms with E-state index in [2.05, 4.69) is 20.9 Å². The van der Waals surface area contributed by atoms with Gasteiger partial charge in [0, 0.05) is 6.20 Å². The summed E-state index contributed by atoms with van der Waals surface area (Å²) in [4.78, 5) is 4.06. The molecule has 0 aliphatic carbocycles. The molecule has 1 N–H and O–H groups in total. The summed E-state index contributed by atoms with van der Waals surface area (Å²) in [5.41, 5.74) is 0.672. The highest BCUT2D eigenvalue weighted by Crippen LogP contribution is 2.30. The molecule has 0 fully saturated rings. The highest BCUT2D eigenvalue weighted by molar-refractivity contribution is 9.10. The highest BCUT2D eigenvalue weighted by atomic mass is 79.9. The van der Waals surface area contributed by atoms with Crippen molar-refractivity contribution in [2.45, 2.75) is 12.2 Å². The first-order valence-electron chi connectivity index (χ1n) is 6.72. The highest BCUT2D eigenvalue weighted by Gasteiger charge is 2.29.